The minimum atomic E-state index is -4.41. The Hall–Kier alpha value is -3.14. The predicted molar refractivity (Wildman–Crippen MR) is 117 cm³/mol. The molecule has 0 bridgehead atoms. The van der Waals surface area contributed by atoms with Gasteiger partial charge in [0, 0.05) is 23.7 Å². The molecule has 1 aliphatic rings. The maximum atomic E-state index is 13.2. The van der Waals surface area contributed by atoms with Gasteiger partial charge >= 0.3 is 6.18 Å². The highest BCUT2D eigenvalue weighted by molar-refractivity contribution is 7.92. The van der Waals surface area contributed by atoms with Gasteiger partial charge in [0.15, 0.2) is 5.82 Å². The Labute approximate surface area is 189 Å². The van der Waals surface area contributed by atoms with Crippen LogP contribution < -0.4 is 9.46 Å². The van der Waals surface area contributed by atoms with Gasteiger partial charge in [-0.3, -0.25) is 4.72 Å². The summed E-state index contributed by atoms with van der Waals surface area (Å²) in [7, 11) is -3.93. The molecule has 1 N–H and O–H groups in total. The van der Waals surface area contributed by atoms with Gasteiger partial charge in [0.1, 0.15) is 5.75 Å². The molecule has 4 rings (SSSR count). The maximum Gasteiger partial charge on any atom is 0.416 e. The summed E-state index contributed by atoms with van der Waals surface area (Å²) < 4.78 is 73.4. The van der Waals surface area contributed by atoms with Crippen LogP contribution in [0.5, 0.6) is 5.75 Å². The molecule has 1 aliphatic heterocycles. The zero-order valence-electron chi connectivity index (χ0n) is 17.8. The predicted octanol–water partition coefficient (Wildman–Crippen LogP) is 5.16. The molecule has 10 heteroatoms. The first-order valence-corrected chi connectivity index (χ1v) is 11.9. The first-order valence-electron chi connectivity index (χ1n) is 10.5. The zero-order chi connectivity index (χ0) is 23.6. The van der Waals surface area contributed by atoms with Gasteiger partial charge < -0.3 is 4.74 Å². The van der Waals surface area contributed by atoms with E-state index in [-0.39, 0.29) is 16.6 Å². The normalized spacial score (nSPS) is 16.1. The molecule has 0 radical (unpaired) electrons. The molecule has 6 nitrogen and oxygen atoms in total. The van der Waals surface area contributed by atoms with E-state index in [1.54, 1.807) is 12.1 Å². The fraction of sp³-hybridized carbons (Fsp3) is 0.304. The van der Waals surface area contributed by atoms with Gasteiger partial charge in [-0.25, -0.2) is 8.42 Å². The number of alkyl halides is 3. The van der Waals surface area contributed by atoms with Crippen LogP contribution >= 0.6 is 0 Å². The number of fused-ring (bicyclic) bond motifs is 1. The molecule has 33 heavy (non-hydrogen) atoms. The Balaban J connectivity index is 1.69. The van der Waals surface area contributed by atoms with Crippen molar-refractivity contribution in [2.75, 3.05) is 11.3 Å². The van der Waals surface area contributed by atoms with Crippen LogP contribution in [0.4, 0.5) is 19.0 Å². The van der Waals surface area contributed by atoms with Crippen molar-refractivity contribution in [3.05, 3.63) is 77.0 Å². The SMILES string of the molecule is CCCc1cc(C(F)(F)F)ccc1[C@H]1CCOc2cc(S(=O)(=O)Nc3cccnn3)ccc21. The van der Waals surface area contributed by atoms with E-state index in [0.29, 0.717) is 37.2 Å². The lowest BCUT2D eigenvalue weighted by atomic mass is 9.82. The van der Waals surface area contributed by atoms with Crippen LogP contribution in [0.2, 0.25) is 0 Å². The van der Waals surface area contributed by atoms with Crippen molar-refractivity contribution in [3.8, 4) is 5.75 Å². The molecule has 1 atom stereocenters. The number of hydrogen-bond donors (Lipinski definition) is 1. The average molecular weight is 478 g/mol. The number of halogens is 3. The van der Waals surface area contributed by atoms with Crippen molar-refractivity contribution >= 4 is 15.8 Å². The summed E-state index contributed by atoms with van der Waals surface area (Å²) >= 11 is 0. The van der Waals surface area contributed by atoms with Crippen LogP contribution in [0.1, 0.15) is 47.9 Å². The van der Waals surface area contributed by atoms with Crippen LogP contribution in [-0.2, 0) is 22.6 Å². The van der Waals surface area contributed by atoms with Gasteiger partial charge in [-0.1, -0.05) is 25.5 Å². The average Bonchev–Trinajstić information content (AvgIpc) is 2.78. The van der Waals surface area contributed by atoms with E-state index >= 15 is 0 Å². The minimum Gasteiger partial charge on any atom is -0.493 e. The monoisotopic (exact) mass is 477 g/mol. The summed E-state index contributed by atoms with van der Waals surface area (Å²) in [5.74, 6) is 0.292. The largest absolute Gasteiger partial charge is 0.493 e. The topological polar surface area (TPSA) is 81.2 Å². The lowest BCUT2D eigenvalue weighted by Gasteiger charge is -2.28. The highest BCUT2D eigenvalue weighted by Crippen LogP contribution is 2.42. The summed E-state index contributed by atoms with van der Waals surface area (Å²) in [5.41, 5.74) is 1.53. The van der Waals surface area contributed by atoms with Gasteiger partial charge in [0.05, 0.1) is 17.1 Å². The number of benzene rings is 2. The van der Waals surface area contributed by atoms with Crippen molar-refractivity contribution in [2.24, 2.45) is 0 Å². The second-order valence-electron chi connectivity index (χ2n) is 7.77. The number of aromatic nitrogens is 2. The fourth-order valence-electron chi connectivity index (χ4n) is 4.02. The molecule has 0 aliphatic carbocycles. The van der Waals surface area contributed by atoms with Gasteiger partial charge in [-0.05, 0) is 54.3 Å². The molecule has 2 heterocycles. The number of nitrogens with one attached hydrogen (secondary N) is 1. The van der Waals surface area contributed by atoms with Crippen LogP contribution in [0.15, 0.2) is 59.6 Å². The Morgan fingerprint density at radius 2 is 1.91 bits per heavy atom. The molecule has 1 aromatic heterocycles. The molecule has 0 amide bonds. The lowest BCUT2D eigenvalue weighted by molar-refractivity contribution is -0.137. The Bertz CT molecular complexity index is 1250. The number of anilines is 1. The molecule has 2 aromatic carbocycles. The quantitative estimate of drug-likeness (QED) is 0.530. The van der Waals surface area contributed by atoms with Crippen LogP contribution in [0, 0.1) is 0 Å². The molecule has 0 fully saturated rings. The number of aryl methyl sites for hydroxylation is 1. The Kier molecular flexibility index (Phi) is 6.29. The highest BCUT2D eigenvalue weighted by Gasteiger charge is 2.33. The number of ether oxygens (including phenoxy) is 1. The molecule has 174 valence electrons. The second kappa shape index (κ2) is 9.01. The third-order valence-corrected chi connectivity index (χ3v) is 6.86. The van der Waals surface area contributed by atoms with Crippen LogP contribution in [-0.4, -0.2) is 25.2 Å². The number of sulfonamides is 1. The van der Waals surface area contributed by atoms with E-state index in [1.165, 1.54) is 36.5 Å². The van der Waals surface area contributed by atoms with Gasteiger partial charge in [0.25, 0.3) is 10.0 Å². The summed E-state index contributed by atoms with van der Waals surface area (Å²) in [6.07, 6.45) is -1.18. The lowest BCUT2D eigenvalue weighted by Crippen LogP contribution is -2.19. The first-order chi connectivity index (χ1) is 15.7. The van der Waals surface area contributed by atoms with Crippen molar-refractivity contribution in [2.45, 2.75) is 43.2 Å². The zero-order valence-corrected chi connectivity index (χ0v) is 18.6. The Morgan fingerprint density at radius 3 is 2.61 bits per heavy atom. The summed E-state index contributed by atoms with van der Waals surface area (Å²) in [4.78, 5) is -0.00578. The number of hydrogen-bond acceptors (Lipinski definition) is 5. The van der Waals surface area contributed by atoms with Gasteiger partial charge in [0.2, 0.25) is 0 Å². The molecule has 0 saturated carbocycles. The van der Waals surface area contributed by atoms with Gasteiger partial charge in [-0.15, -0.1) is 5.10 Å². The van der Waals surface area contributed by atoms with E-state index in [4.69, 9.17) is 4.74 Å². The third-order valence-electron chi connectivity index (χ3n) is 5.51. The summed E-state index contributed by atoms with van der Waals surface area (Å²) in [5, 5.41) is 7.38. The van der Waals surface area contributed by atoms with E-state index in [9.17, 15) is 21.6 Å². The highest BCUT2D eigenvalue weighted by atomic mass is 32.2. The fourth-order valence-corrected chi connectivity index (χ4v) is 5.03. The van der Waals surface area contributed by atoms with E-state index in [2.05, 4.69) is 14.9 Å². The van der Waals surface area contributed by atoms with E-state index in [1.807, 2.05) is 6.92 Å². The Morgan fingerprint density at radius 1 is 1.12 bits per heavy atom. The molecular weight excluding hydrogens is 455 g/mol. The van der Waals surface area contributed by atoms with E-state index < -0.39 is 21.8 Å². The minimum absolute atomic E-state index is 0.00578. The molecule has 3 aromatic rings. The van der Waals surface area contributed by atoms with Gasteiger partial charge in [-0.2, -0.15) is 18.3 Å². The van der Waals surface area contributed by atoms with Crippen LogP contribution in [0.3, 0.4) is 0 Å². The number of nitrogens with zero attached hydrogens (tertiary/aromatic N) is 2. The number of rotatable bonds is 6. The smallest absolute Gasteiger partial charge is 0.416 e. The standard InChI is InChI=1S/C23H22F3N3O3S/c1-2-4-15-13-16(23(24,25)26)6-8-18(15)19-10-12-32-21-14-17(7-9-20(19)21)33(30,31)29-22-5-3-11-27-28-22/h3,5-9,11,13-14,19H,2,4,10,12H2,1H3,(H,28,29)/t19-/m1/s1. The molecule has 0 spiro atoms. The van der Waals surface area contributed by atoms with E-state index in [0.717, 1.165) is 17.2 Å². The van der Waals surface area contributed by atoms with Crippen molar-refractivity contribution < 1.29 is 26.3 Å². The van der Waals surface area contributed by atoms with Crippen molar-refractivity contribution in [1.82, 2.24) is 10.2 Å². The third kappa shape index (κ3) is 4.95. The van der Waals surface area contributed by atoms with Crippen molar-refractivity contribution in [3.63, 3.8) is 0 Å². The summed E-state index contributed by atoms with van der Waals surface area (Å²) in [6, 6.07) is 11.5. The molecule has 0 saturated heterocycles. The first kappa shape index (κ1) is 23.0. The molecule has 0 unspecified atom stereocenters. The summed E-state index contributed by atoms with van der Waals surface area (Å²) in [6.45, 7) is 2.24. The maximum absolute atomic E-state index is 13.2. The molecular formula is C23H22F3N3O3S. The van der Waals surface area contributed by atoms with Crippen LogP contribution in [0.25, 0.3) is 0 Å². The second-order valence-corrected chi connectivity index (χ2v) is 9.45. The van der Waals surface area contributed by atoms with Crippen molar-refractivity contribution in [1.29, 1.82) is 0 Å².